The van der Waals surface area contributed by atoms with E-state index in [1.165, 1.54) is 12.1 Å². The summed E-state index contributed by atoms with van der Waals surface area (Å²) in [5.74, 6) is -0.948. The van der Waals surface area contributed by atoms with E-state index in [0.29, 0.717) is 13.0 Å². The van der Waals surface area contributed by atoms with Gasteiger partial charge in [0.2, 0.25) is 5.91 Å². The number of nitrogens with one attached hydrogen (secondary N) is 1. The number of halogens is 1. The Morgan fingerprint density at radius 1 is 1.05 bits per heavy atom. The van der Waals surface area contributed by atoms with Crippen LogP contribution in [0.1, 0.15) is 11.1 Å². The molecule has 4 nitrogen and oxygen atoms in total. The minimum atomic E-state index is -0.374. The zero-order valence-corrected chi connectivity index (χ0v) is 12.3. The Balaban J connectivity index is 1.91. The molecule has 0 aromatic heterocycles. The summed E-state index contributed by atoms with van der Waals surface area (Å²) >= 11 is 0. The fraction of sp³-hybridized carbons (Fsp3) is 0.235. The summed E-state index contributed by atoms with van der Waals surface area (Å²) in [5, 5.41) is 3.26. The first kappa shape index (κ1) is 16.0. The zero-order valence-electron chi connectivity index (χ0n) is 12.3. The Morgan fingerprint density at radius 2 is 1.64 bits per heavy atom. The van der Waals surface area contributed by atoms with Crippen LogP contribution in [0.25, 0.3) is 0 Å². The highest BCUT2D eigenvalue weighted by atomic mass is 19.1. The van der Waals surface area contributed by atoms with E-state index < -0.39 is 0 Å². The molecular formula is C17H20FN3O. The van der Waals surface area contributed by atoms with Crippen molar-refractivity contribution >= 4 is 11.6 Å². The summed E-state index contributed by atoms with van der Waals surface area (Å²) in [7, 11) is 0. The molecule has 0 saturated heterocycles. The molecule has 0 heterocycles. The molecule has 0 aliphatic carbocycles. The standard InChI is InChI=1S/C17H20FN3O/c18-15-5-1-13(2-6-15)11-21-16-7-3-12(4-8-16)9-14(10-19)17(20)22/h1-8,14,21H,9-11,19H2,(H2,20,22). The van der Waals surface area contributed by atoms with Crippen molar-refractivity contribution in [3.63, 3.8) is 0 Å². The topological polar surface area (TPSA) is 81.1 Å². The minimum absolute atomic E-state index is 0.239. The van der Waals surface area contributed by atoms with E-state index in [0.717, 1.165) is 16.8 Å². The van der Waals surface area contributed by atoms with Crippen molar-refractivity contribution in [2.24, 2.45) is 17.4 Å². The van der Waals surface area contributed by atoms with Crippen molar-refractivity contribution in [3.8, 4) is 0 Å². The van der Waals surface area contributed by atoms with Crippen LogP contribution in [-0.2, 0) is 17.8 Å². The molecule has 5 N–H and O–H groups in total. The summed E-state index contributed by atoms with van der Waals surface area (Å²) in [6.45, 7) is 0.867. The van der Waals surface area contributed by atoms with Gasteiger partial charge in [-0.1, -0.05) is 24.3 Å². The van der Waals surface area contributed by atoms with Crippen molar-refractivity contribution in [2.45, 2.75) is 13.0 Å². The monoisotopic (exact) mass is 301 g/mol. The fourth-order valence-corrected chi connectivity index (χ4v) is 2.15. The molecule has 0 bridgehead atoms. The van der Waals surface area contributed by atoms with Gasteiger partial charge in [-0.15, -0.1) is 0 Å². The number of amides is 1. The Hall–Kier alpha value is -2.40. The molecule has 0 spiro atoms. The first-order valence-corrected chi connectivity index (χ1v) is 7.15. The third kappa shape index (κ3) is 4.56. The molecule has 5 heteroatoms. The average Bonchev–Trinajstić information content (AvgIpc) is 2.53. The van der Waals surface area contributed by atoms with Crippen LogP contribution in [-0.4, -0.2) is 12.5 Å². The summed E-state index contributed by atoms with van der Waals surface area (Å²) < 4.78 is 12.8. The molecule has 0 aliphatic rings. The maximum atomic E-state index is 12.8. The molecule has 0 fully saturated rings. The second-order valence-corrected chi connectivity index (χ2v) is 5.22. The predicted octanol–water partition coefficient (Wildman–Crippen LogP) is 2.04. The van der Waals surface area contributed by atoms with E-state index in [2.05, 4.69) is 5.32 Å². The van der Waals surface area contributed by atoms with Gasteiger partial charge >= 0.3 is 0 Å². The smallest absolute Gasteiger partial charge is 0.222 e. The van der Waals surface area contributed by atoms with E-state index in [1.807, 2.05) is 24.3 Å². The van der Waals surface area contributed by atoms with Crippen LogP contribution in [0.4, 0.5) is 10.1 Å². The Labute approximate surface area is 129 Å². The number of benzene rings is 2. The van der Waals surface area contributed by atoms with Gasteiger partial charge in [-0.3, -0.25) is 4.79 Å². The lowest BCUT2D eigenvalue weighted by atomic mass is 9.99. The highest BCUT2D eigenvalue weighted by Gasteiger charge is 2.13. The maximum absolute atomic E-state index is 12.8. The highest BCUT2D eigenvalue weighted by Crippen LogP contribution is 2.14. The lowest BCUT2D eigenvalue weighted by Gasteiger charge is -2.12. The predicted molar refractivity (Wildman–Crippen MR) is 85.6 cm³/mol. The van der Waals surface area contributed by atoms with Crippen molar-refractivity contribution < 1.29 is 9.18 Å². The van der Waals surface area contributed by atoms with Crippen LogP contribution < -0.4 is 16.8 Å². The average molecular weight is 301 g/mol. The van der Waals surface area contributed by atoms with Crippen molar-refractivity contribution in [3.05, 3.63) is 65.5 Å². The van der Waals surface area contributed by atoms with E-state index in [1.54, 1.807) is 12.1 Å². The third-order valence-corrected chi connectivity index (χ3v) is 3.53. The quantitative estimate of drug-likeness (QED) is 0.732. The van der Waals surface area contributed by atoms with Gasteiger partial charge in [-0.25, -0.2) is 4.39 Å². The highest BCUT2D eigenvalue weighted by molar-refractivity contribution is 5.77. The second-order valence-electron chi connectivity index (χ2n) is 5.22. The van der Waals surface area contributed by atoms with Gasteiger partial charge in [-0.05, 0) is 41.8 Å². The van der Waals surface area contributed by atoms with E-state index >= 15 is 0 Å². The maximum Gasteiger partial charge on any atom is 0.222 e. The van der Waals surface area contributed by atoms with Crippen LogP contribution >= 0.6 is 0 Å². The number of nitrogens with two attached hydrogens (primary N) is 2. The Kier molecular flexibility index (Phi) is 5.49. The van der Waals surface area contributed by atoms with Gasteiger partial charge < -0.3 is 16.8 Å². The van der Waals surface area contributed by atoms with E-state index in [-0.39, 0.29) is 24.2 Å². The Bertz CT molecular complexity index is 611. The lowest BCUT2D eigenvalue weighted by Crippen LogP contribution is -2.31. The summed E-state index contributed by atoms with van der Waals surface area (Å²) in [6.07, 6.45) is 0.546. The summed E-state index contributed by atoms with van der Waals surface area (Å²) in [4.78, 5) is 11.2. The van der Waals surface area contributed by atoms with Gasteiger partial charge in [0, 0.05) is 18.8 Å². The molecule has 1 atom stereocenters. The van der Waals surface area contributed by atoms with Gasteiger partial charge in [0.15, 0.2) is 0 Å². The molecule has 0 aliphatic heterocycles. The molecule has 2 aromatic rings. The number of hydrogen-bond donors (Lipinski definition) is 3. The number of anilines is 1. The molecule has 116 valence electrons. The molecule has 22 heavy (non-hydrogen) atoms. The van der Waals surface area contributed by atoms with Crippen LogP contribution in [0.2, 0.25) is 0 Å². The molecule has 0 saturated carbocycles. The first-order chi connectivity index (χ1) is 10.6. The number of rotatable bonds is 7. The van der Waals surface area contributed by atoms with Crippen molar-refractivity contribution in [1.82, 2.24) is 0 Å². The largest absolute Gasteiger partial charge is 0.381 e. The normalized spacial score (nSPS) is 11.9. The zero-order chi connectivity index (χ0) is 15.9. The molecule has 1 unspecified atom stereocenters. The third-order valence-electron chi connectivity index (χ3n) is 3.53. The molecule has 1 amide bonds. The SMILES string of the molecule is NCC(Cc1ccc(NCc2ccc(F)cc2)cc1)C(N)=O. The van der Waals surface area contributed by atoms with Gasteiger partial charge in [0.1, 0.15) is 5.82 Å². The van der Waals surface area contributed by atoms with Gasteiger partial charge in [0.05, 0.1) is 5.92 Å². The van der Waals surface area contributed by atoms with Gasteiger partial charge in [-0.2, -0.15) is 0 Å². The molecule has 2 aromatic carbocycles. The van der Waals surface area contributed by atoms with Crippen LogP contribution in [0.3, 0.4) is 0 Å². The summed E-state index contributed by atoms with van der Waals surface area (Å²) in [6, 6.07) is 14.1. The Morgan fingerprint density at radius 3 is 2.18 bits per heavy atom. The van der Waals surface area contributed by atoms with Crippen LogP contribution in [0.15, 0.2) is 48.5 Å². The number of carbonyl (C=O) groups is 1. The molecule has 0 radical (unpaired) electrons. The first-order valence-electron chi connectivity index (χ1n) is 7.15. The molecule has 2 rings (SSSR count). The van der Waals surface area contributed by atoms with Crippen LogP contribution in [0.5, 0.6) is 0 Å². The second kappa shape index (κ2) is 7.56. The number of primary amides is 1. The number of carbonyl (C=O) groups excluding carboxylic acids is 1. The fourth-order valence-electron chi connectivity index (χ4n) is 2.15. The minimum Gasteiger partial charge on any atom is -0.381 e. The van der Waals surface area contributed by atoms with E-state index in [9.17, 15) is 9.18 Å². The van der Waals surface area contributed by atoms with Crippen LogP contribution in [0, 0.1) is 11.7 Å². The summed E-state index contributed by atoms with van der Waals surface area (Å²) in [5.41, 5.74) is 13.8. The van der Waals surface area contributed by atoms with Gasteiger partial charge in [0.25, 0.3) is 0 Å². The molecular weight excluding hydrogens is 281 g/mol. The lowest BCUT2D eigenvalue weighted by molar-refractivity contribution is -0.121. The number of hydrogen-bond acceptors (Lipinski definition) is 3. The van der Waals surface area contributed by atoms with Crippen molar-refractivity contribution in [1.29, 1.82) is 0 Å². The van der Waals surface area contributed by atoms with Crippen molar-refractivity contribution in [2.75, 3.05) is 11.9 Å². The van der Waals surface area contributed by atoms with E-state index in [4.69, 9.17) is 11.5 Å².